The molecule has 1 rings (SSSR count). The molecule has 0 aromatic heterocycles. The molecule has 0 saturated carbocycles. The third-order valence-corrected chi connectivity index (χ3v) is 3.53. The summed E-state index contributed by atoms with van der Waals surface area (Å²) < 4.78 is 25.1. The van der Waals surface area contributed by atoms with Gasteiger partial charge in [0.2, 0.25) is 0 Å². The summed E-state index contributed by atoms with van der Waals surface area (Å²) >= 11 is 0. The summed E-state index contributed by atoms with van der Waals surface area (Å²) in [5.74, 6) is 0. The zero-order chi connectivity index (χ0) is 15.0. The molecule has 2 nitrogen and oxygen atoms in total. The van der Waals surface area contributed by atoms with E-state index >= 15 is 0 Å². The molecule has 1 N–H and O–H groups in total. The lowest BCUT2D eigenvalue weighted by atomic mass is 10.1. The lowest BCUT2D eigenvalue weighted by Crippen LogP contribution is -2.27. The summed E-state index contributed by atoms with van der Waals surface area (Å²) in [4.78, 5) is 2.33. The smallest absolute Gasteiger partial charge is 0.263 e. The molecule has 114 valence electrons. The van der Waals surface area contributed by atoms with Crippen LogP contribution in [0, 0.1) is 0 Å². The minimum Gasteiger partial charge on any atom is -0.313 e. The van der Waals surface area contributed by atoms with Gasteiger partial charge in [0, 0.05) is 18.2 Å². The van der Waals surface area contributed by atoms with E-state index in [9.17, 15) is 8.78 Å². The zero-order valence-electron chi connectivity index (χ0n) is 12.7. The number of alkyl halides is 2. The van der Waals surface area contributed by atoms with Crippen molar-refractivity contribution in [2.24, 2.45) is 0 Å². The van der Waals surface area contributed by atoms with E-state index in [1.165, 1.54) is 6.07 Å². The van der Waals surface area contributed by atoms with E-state index in [-0.39, 0.29) is 5.56 Å². The predicted molar refractivity (Wildman–Crippen MR) is 80.1 cm³/mol. The maximum atomic E-state index is 12.6. The number of halogens is 2. The Hall–Kier alpha value is -1.00. The van der Waals surface area contributed by atoms with Crippen LogP contribution in [0.5, 0.6) is 0 Å². The van der Waals surface area contributed by atoms with Crippen LogP contribution in [0.2, 0.25) is 0 Å². The molecule has 1 aromatic carbocycles. The van der Waals surface area contributed by atoms with Crippen molar-refractivity contribution >= 4 is 0 Å². The lowest BCUT2D eigenvalue weighted by molar-refractivity contribution is 0.151. The summed E-state index contributed by atoms with van der Waals surface area (Å²) in [6, 6.07) is 7.20. The van der Waals surface area contributed by atoms with Crippen LogP contribution in [-0.2, 0) is 6.54 Å². The number of benzene rings is 1. The molecule has 0 amide bonds. The number of hydrogen-bond acceptors (Lipinski definition) is 2. The van der Waals surface area contributed by atoms with Crippen LogP contribution >= 0.6 is 0 Å². The molecule has 0 atom stereocenters. The zero-order valence-corrected chi connectivity index (χ0v) is 12.7. The van der Waals surface area contributed by atoms with Crippen molar-refractivity contribution < 1.29 is 8.78 Å². The molecule has 0 unspecified atom stereocenters. The van der Waals surface area contributed by atoms with Crippen molar-refractivity contribution in [1.82, 2.24) is 10.2 Å². The third-order valence-electron chi connectivity index (χ3n) is 3.53. The quantitative estimate of drug-likeness (QED) is 0.693. The summed E-state index contributed by atoms with van der Waals surface area (Å²) in [6.45, 7) is 7.05. The van der Waals surface area contributed by atoms with Crippen molar-refractivity contribution in [3.05, 3.63) is 35.4 Å². The topological polar surface area (TPSA) is 15.3 Å². The van der Waals surface area contributed by atoms with Crippen molar-refractivity contribution in [2.45, 2.75) is 45.7 Å². The first-order valence-electron chi connectivity index (χ1n) is 7.28. The van der Waals surface area contributed by atoms with E-state index < -0.39 is 6.43 Å². The first kappa shape index (κ1) is 17.1. The second-order valence-electron chi connectivity index (χ2n) is 5.50. The van der Waals surface area contributed by atoms with Gasteiger partial charge in [0.15, 0.2) is 0 Å². The van der Waals surface area contributed by atoms with Gasteiger partial charge in [-0.15, -0.1) is 0 Å². The van der Waals surface area contributed by atoms with Crippen LogP contribution < -0.4 is 5.32 Å². The van der Waals surface area contributed by atoms with Crippen LogP contribution in [0.4, 0.5) is 8.78 Å². The SMILES string of the molecule is CC(C)N(C)CCCCNCc1cccc(C(F)F)c1. The fourth-order valence-corrected chi connectivity index (χ4v) is 1.94. The number of nitrogens with one attached hydrogen (secondary N) is 1. The minimum absolute atomic E-state index is 0.0999. The minimum atomic E-state index is -2.39. The van der Waals surface area contributed by atoms with Crippen LogP contribution in [0.1, 0.15) is 44.2 Å². The molecule has 0 heterocycles. The highest BCUT2D eigenvalue weighted by Crippen LogP contribution is 2.19. The Balaban J connectivity index is 2.17. The van der Waals surface area contributed by atoms with Crippen LogP contribution in [0.3, 0.4) is 0 Å². The largest absolute Gasteiger partial charge is 0.313 e. The Morgan fingerprint density at radius 2 is 1.95 bits per heavy atom. The van der Waals surface area contributed by atoms with Crippen molar-refractivity contribution in [3.8, 4) is 0 Å². The van der Waals surface area contributed by atoms with Crippen molar-refractivity contribution in [3.63, 3.8) is 0 Å². The average Bonchev–Trinajstić information content (AvgIpc) is 2.42. The normalized spacial score (nSPS) is 11.8. The Morgan fingerprint density at radius 1 is 1.20 bits per heavy atom. The molecule has 1 aromatic rings. The van der Waals surface area contributed by atoms with E-state index in [4.69, 9.17) is 0 Å². The van der Waals surface area contributed by atoms with Gasteiger partial charge in [0.1, 0.15) is 0 Å². The fourth-order valence-electron chi connectivity index (χ4n) is 1.94. The molecule has 0 aliphatic heterocycles. The molecule has 0 aliphatic rings. The van der Waals surface area contributed by atoms with E-state index in [0.717, 1.165) is 31.5 Å². The first-order valence-corrected chi connectivity index (χ1v) is 7.28. The van der Waals surface area contributed by atoms with E-state index in [1.54, 1.807) is 12.1 Å². The molecule has 4 heteroatoms. The molecular formula is C16H26F2N2. The fraction of sp³-hybridized carbons (Fsp3) is 0.625. The monoisotopic (exact) mass is 284 g/mol. The van der Waals surface area contributed by atoms with Crippen LogP contribution in [0.25, 0.3) is 0 Å². The lowest BCUT2D eigenvalue weighted by Gasteiger charge is -2.20. The van der Waals surface area contributed by atoms with Gasteiger partial charge < -0.3 is 10.2 Å². The van der Waals surface area contributed by atoms with E-state index in [0.29, 0.717) is 12.6 Å². The molecule has 20 heavy (non-hydrogen) atoms. The van der Waals surface area contributed by atoms with Gasteiger partial charge in [-0.3, -0.25) is 0 Å². The molecular weight excluding hydrogens is 258 g/mol. The molecule has 0 aliphatic carbocycles. The number of hydrogen-bond donors (Lipinski definition) is 1. The summed E-state index contributed by atoms with van der Waals surface area (Å²) in [5, 5.41) is 3.31. The first-order chi connectivity index (χ1) is 9.50. The highest BCUT2D eigenvalue weighted by Gasteiger charge is 2.06. The number of nitrogens with zero attached hydrogens (tertiary/aromatic N) is 1. The van der Waals surface area contributed by atoms with Gasteiger partial charge in [-0.25, -0.2) is 8.78 Å². The van der Waals surface area contributed by atoms with E-state index in [2.05, 4.69) is 31.1 Å². The van der Waals surface area contributed by atoms with Crippen molar-refractivity contribution in [2.75, 3.05) is 20.1 Å². The second-order valence-corrected chi connectivity index (χ2v) is 5.50. The number of rotatable bonds is 9. The molecule has 0 fully saturated rings. The third kappa shape index (κ3) is 6.44. The average molecular weight is 284 g/mol. The highest BCUT2D eigenvalue weighted by molar-refractivity contribution is 5.24. The summed E-state index contributed by atoms with van der Waals surface area (Å²) in [7, 11) is 2.13. The summed E-state index contributed by atoms with van der Waals surface area (Å²) in [5.41, 5.74) is 1.02. The van der Waals surface area contributed by atoms with Gasteiger partial charge in [0.05, 0.1) is 0 Å². The van der Waals surface area contributed by atoms with Gasteiger partial charge in [-0.1, -0.05) is 18.2 Å². The van der Waals surface area contributed by atoms with Crippen LogP contribution in [-0.4, -0.2) is 31.1 Å². The molecule has 0 spiro atoms. The second kappa shape index (κ2) is 9.03. The standard InChI is InChI=1S/C16H26F2N2/c1-13(2)20(3)10-5-4-9-19-12-14-7-6-8-15(11-14)16(17)18/h6-8,11,13,16,19H,4-5,9-10,12H2,1-3H3. The molecule has 0 saturated heterocycles. The molecule has 0 bridgehead atoms. The Bertz CT molecular complexity index is 380. The van der Waals surface area contributed by atoms with Gasteiger partial charge in [-0.05, 0) is 58.5 Å². The summed E-state index contributed by atoms with van der Waals surface area (Å²) in [6.07, 6.45) is -0.133. The van der Waals surface area contributed by atoms with E-state index in [1.807, 2.05) is 6.07 Å². The highest BCUT2D eigenvalue weighted by atomic mass is 19.3. The van der Waals surface area contributed by atoms with Crippen LogP contribution in [0.15, 0.2) is 24.3 Å². The van der Waals surface area contributed by atoms with Gasteiger partial charge in [-0.2, -0.15) is 0 Å². The Kier molecular flexibility index (Phi) is 7.70. The Labute approximate surface area is 121 Å². The maximum absolute atomic E-state index is 12.6. The molecule has 0 radical (unpaired) electrons. The van der Waals surface area contributed by atoms with Gasteiger partial charge >= 0.3 is 0 Å². The van der Waals surface area contributed by atoms with Gasteiger partial charge in [0.25, 0.3) is 6.43 Å². The Morgan fingerprint density at radius 3 is 2.60 bits per heavy atom. The predicted octanol–water partition coefficient (Wildman–Crippen LogP) is 3.83. The maximum Gasteiger partial charge on any atom is 0.263 e. The number of unbranched alkanes of at least 4 members (excludes halogenated alkanes) is 1. The van der Waals surface area contributed by atoms with Crippen molar-refractivity contribution in [1.29, 1.82) is 0 Å².